The van der Waals surface area contributed by atoms with E-state index >= 15 is 0 Å². The van der Waals surface area contributed by atoms with Gasteiger partial charge in [-0.2, -0.15) is 0 Å². The number of nitrogens with zero attached hydrogens (tertiary/aromatic N) is 1. The first-order valence-corrected chi connectivity index (χ1v) is 6.40. The van der Waals surface area contributed by atoms with Crippen LogP contribution in [0.1, 0.15) is 27.2 Å². The highest BCUT2D eigenvalue weighted by Crippen LogP contribution is 2.29. The number of esters is 1. The van der Waals surface area contributed by atoms with Crippen LogP contribution in [0.2, 0.25) is 0 Å². The molecule has 0 aliphatic carbocycles. The van der Waals surface area contributed by atoms with Crippen LogP contribution in [-0.2, 0) is 23.7 Å². The molecule has 7 nitrogen and oxygen atoms in total. The lowest BCUT2D eigenvalue weighted by Crippen LogP contribution is -2.49. The molecule has 1 heterocycles. The summed E-state index contributed by atoms with van der Waals surface area (Å²) in [5.74, 6) is -0.516. The summed E-state index contributed by atoms with van der Waals surface area (Å²) in [7, 11) is 4.23. The molecule has 1 rings (SSSR count). The van der Waals surface area contributed by atoms with Crippen molar-refractivity contribution in [3.05, 3.63) is 0 Å². The fourth-order valence-corrected chi connectivity index (χ4v) is 2.18. The van der Waals surface area contributed by atoms with E-state index in [-0.39, 0.29) is 0 Å². The molecule has 0 aromatic heterocycles. The molecule has 1 fully saturated rings. The van der Waals surface area contributed by atoms with E-state index in [0.717, 1.165) is 0 Å². The topological polar surface area (TPSA) is 74.3 Å². The average Bonchev–Trinajstić information content (AvgIpc) is 2.74. The summed E-state index contributed by atoms with van der Waals surface area (Å²) in [5, 5.41) is 0. The molecule has 7 heteroatoms. The Hall–Kier alpha value is -1.34. The molecule has 116 valence electrons. The zero-order valence-electron chi connectivity index (χ0n) is 12.8. The molecular formula is C13H23NO6. The van der Waals surface area contributed by atoms with Gasteiger partial charge in [0.25, 0.3) is 0 Å². The van der Waals surface area contributed by atoms with Crippen LogP contribution >= 0.6 is 0 Å². The summed E-state index contributed by atoms with van der Waals surface area (Å²) in [6, 6.07) is -0.773. The Balaban J connectivity index is 3.00. The Labute approximate surface area is 119 Å². The summed E-state index contributed by atoms with van der Waals surface area (Å²) < 4.78 is 20.6. The normalized spacial score (nSPS) is 26.5. The van der Waals surface area contributed by atoms with E-state index in [1.807, 2.05) is 0 Å². The third-order valence-electron chi connectivity index (χ3n) is 3.01. The van der Waals surface area contributed by atoms with Crippen LogP contribution in [-0.4, -0.2) is 62.3 Å². The van der Waals surface area contributed by atoms with Crippen LogP contribution < -0.4 is 0 Å². The molecule has 1 aliphatic rings. The van der Waals surface area contributed by atoms with Crippen molar-refractivity contribution in [1.29, 1.82) is 0 Å². The van der Waals surface area contributed by atoms with Crippen molar-refractivity contribution in [1.82, 2.24) is 4.90 Å². The van der Waals surface area contributed by atoms with Gasteiger partial charge in [0.15, 0.2) is 6.23 Å². The van der Waals surface area contributed by atoms with E-state index in [1.54, 1.807) is 20.8 Å². The van der Waals surface area contributed by atoms with Gasteiger partial charge in [-0.25, -0.2) is 9.59 Å². The molecule has 0 bridgehead atoms. The minimum Gasteiger partial charge on any atom is -0.467 e. The summed E-state index contributed by atoms with van der Waals surface area (Å²) >= 11 is 0. The monoisotopic (exact) mass is 289 g/mol. The first-order valence-electron chi connectivity index (χ1n) is 6.40. The molecule has 1 saturated heterocycles. The zero-order valence-corrected chi connectivity index (χ0v) is 12.8. The van der Waals surface area contributed by atoms with Crippen LogP contribution in [0.15, 0.2) is 0 Å². The van der Waals surface area contributed by atoms with Gasteiger partial charge in [0.1, 0.15) is 17.7 Å². The maximum atomic E-state index is 12.3. The van der Waals surface area contributed by atoms with Gasteiger partial charge in [0, 0.05) is 20.6 Å². The van der Waals surface area contributed by atoms with Gasteiger partial charge in [0.05, 0.1) is 7.11 Å². The number of rotatable bonds is 3. The average molecular weight is 289 g/mol. The molecule has 1 unspecified atom stereocenters. The number of carbonyl (C=O) groups excluding carboxylic acids is 2. The second kappa shape index (κ2) is 6.41. The number of carbonyl (C=O) groups is 2. The number of likely N-dealkylation sites (tertiary alicyclic amines) is 1. The van der Waals surface area contributed by atoms with Crippen molar-refractivity contribution in [3.8, 4) is 0 Å². The molecule has 0 N–H and O–H groups in total. The Morgan fingerprint density at radius 3 is 2.10 bits per heavy atom. The van der Waals surface area contributed by atoms with E-state index in [1.165, 1.54) is 26.2 Å². The highest BCUT2D eigenvalue weighted by atomic mass is 16.6. The molecule has 1 amide bonds. The van der Waals surface area contributed by atoms with E-state index in [2.05, 4.69) is 0 Å². The molecule has 3 atom stereocenters. The molecular weight excluding hydrogens is 266 g/mol. The first kappa shape index (κ1) is 16.7. The summed E-state index contributed by atoms with van der Waals surface area (Å²) in [5.41, 5.74) is -0.665. The maximum absolute atomic E-state index is 12.3. The predicted molar refractivity (Wildman–Crippen MR) is 70.1 cm³/mol. The molecule has 0 spiro atoms. The maximum Gasteiger partial charge on any atom is 0.413 e. The van der Waals surface area contributed by atoms with Crippen LogP contribution in [0.3, 0.4) is 0 Å². The second-order valence-corrected chi connectivity index (χ2v) is 5.56. The Morgan fingerprint density at radius 1 is 1.10 bits per heavy atom. The molecule has 0 saturated carbocycles. The molecule has 0 radical (unpaired) electrons. The second-order valence-electron chi connectivity index (χ2n) is 5.56. The number of hydrogen-bond acceptors (Lipinski definition) is 6. The quantitative estimate of drug-likeness (QED) is 0.726. The molecule has 0 aromatic carbocycles. The summed E-state index contributed by atoms with van der Waals surface area (Å²) in [4.78, 5) is 25.4. The van der Waals surface area contributed by atoms with E-state index in [4.69, 9.17) is 18.9 Å². The number of hydrogen-bond donors (Lipinski definition) is 0. The highest BCUT2D eigenvalue weighted by molar-refractivity contribution is 5.82. The Kier molecular flexibility index (Phi) is 5.35. The summed E-state index contributed by atoms with van der Waals surface area (Å²) in [6.45, 7) is 5.26. The number of amides is 1. The van der Waals surface area contributed by atoms with Gasteiger partial charge < -0.3 is 18.9 Å². The van der Waals surface area contributed by atoms with Crippen molar-refractivity contribution in [2.75, 3.05) is 21.3 Å². The van der Waals surface area contributed by atoms with Gasteiger partial charge in [0.2, 0.25) is 0 Å². The Morgan fingerprint density at radius 2 is 1.70 bits per heavy atom. The van der Waals surface area contributed by atoms with Crippen LogP contribution in [0.5, 0.6) is 0 Å². The first-order chi connectivity index (χ1) is 9.25. The minimum atomic E-state index is -0.773. The minimum absolute atomic E-state index is 0.306. The molecule has 1 aliphatic heterocycles. The lowest BCUT2D eigenvalue weighted by Gasteiger charge is -2.31. The van der Waals surface area contributed by atoms with Gasteiger partial charge in [-0.3, -0.25) is 4.90 Å². The van der Waals surface area contributed by atoms with E-state index in [0.29, 0.717) is 6.42 Å². The predicted octanol–water partition coefficient (Wildman–Crippen LogP) is 1.16. The number of methoxy groups -OCH3 is 3. The van der Waals surface area contributed by atoms with Gasteiger partial charge in [-0.15, -0.1) is 0 Å². The standard InChI is InChI=1S/C13H23NO6/c1-13(2,3)20-12(16)14-8(11(15)19-6)7-9(17-4)10(14)18-5/h8-10H,7H2,1-6H3/t8-,9+,10?/m0/s1. The molecule has 0 aromatic rings. The SMILES string of the molecule is COC(=O)[C@@H]1C[C@@H](OC)C(OC)N1C(=O)OC(C)(C)C. The van der Waals surface area contributed by atoms with Gasteiger partial charge >= 0.3 is 12.1 Å². The van der Waals surface area contributed by atoms with E-state index in [9.17, 15) is 9.59 Å². The zero-order chi connectivity index (χ0) is 15.5. The molecule has 20 heavy (non-hydrogen) atoms. The fourth-order valence-electron chi connectivity index (χ4n) is 2.18. The number of ether oxygens (including phenoxy) is 4. The van der Waals surface area contributed by atoms with Crippen molar-refractivity contribution in [3.63, 3.8) is 0 Å². The smallest absolute Gasteiger partial charge is 0.413 e. The van der Waals surface area contributed by atoms with Crippen molar-refractivity contribution in [2.24, 2.45) is 0 Å². The van der Waals surface area contributed by atoms with Crippen molar-refractivity contribution < 1.29 is 28.5 Å². The third-order valence-corrected chi connectivity index (χ3v) is 3.01. The van der Waals surface area contributed by atoms with Crippen LogP contribution in [0, 0.1) is 0 Å². The third kappa shape index (κ3) is 3.61. The van der Waals surface area contributed by atoms with Gasteiger partial charge in [-0.1, -0.05) is 0 Å². The van der Waals surface area contributed by atoms with Crippen LogP contribution in [0.25, 0.3) is 0 Å². The van der Waals surface area contributed by atoms with Crippen molar-refractivity contribution in [2.45, 2.75) is 51.2 Å². The lowest BCUT2D eigenvalue weighted by molar-refractivity contribution is -0.149. The largest absolute Gasteiger partial charge is 0.467 e. The summed E-state index contributed by atoms with van der Waals surface area (Å²) in [6.07, 6.45) is -1.41. The van der Waals surface area contributed by atoms with Crippen molar-refractivity contribution >= 4 is 12.1 Å². The highest BCUT2D eigenvalue weighted by Gasteiger charge is 2.49. The van der Waals surface area contributed by atoms with Crippen LogP contribution in [0.4, 0.5) is 4.79 Å². The van der Waals surface area contributed by atoms with E-state index < -0.39 is 36.0 Å². The van der Waals surface area contributed by atoms with Gasteiger partial charge in [-0.05, 0) is 20.8 Å². The Bertz CT molecular complexity index is 364. The fraction of sp³-hybridized carbons (Fsp3) is 0.846. The lowest BCUT2D eigenvalue weighted by atomic mass is 10.2.